The lowest BCUT2D eigenvalue weighted by molar-refractivity contribution is 0.170. The van der Waals surface area contributed by atoms with Crippen molar-refractivity contribution < 1.29 is 22.6 Å². The summed E-state index contributed by atoms with van der Waals surface area (Å²) >= 11 is 6.16. The number of ether oxygens (including phenoxy) is 3. The zero-order valence-electron chi connectivity index (χ0n) is 22.7. The maximum Gasteiger partial charge on any atom is 0.316 e. The number of halogens is 1. The minimum Gasteiger partial charge on any atom is -0.486 e. The fourth-order valence-electron chi connectivity index (χ4n) is 5.00. The van der Waals surface area contributed by atoms with Crippen LogP contribution in [0.1, 0.15) is 25.3 Å². The minimum absolute atomic E-state index is 0.0495. The Morgan fingerprint density at radius 2 is 1.85 bits per heavy atom. The van der Waals surface area contributed by atoms with Crippen molar-refractivity contribution in [1.82, 2.24) is 14.1 Å². The second-order valence-corrected chi connectivity index (χ2v) is 13.4. The Kier molecular flexibility index (Phi) is 7.25. The lowest BCUT2D eigenvalue weighted by Gasteiger charge is -2.36. The molecule has 2 N–H and O–H groups in total. The number of anilines is 2. The summed E-state index contributed by atoms with van der Waals surface area (Å²) in [4.78, 5) is 15.6. The lowest BCUT2D eigenvalue weighted by Crippen LogP contribution is -2.49. The molecule has 3 aliphatic rings. The van der Waals surface area contributed by atoms with Gasteiger partial charge in [0.05, 0.1) is 24.2 Å². The van der Waals surface area contributed by atoms with E-state index in [9.17, 15) is 13.2 Å². The second-order valence-electron chi connectivity index (χ2n) is 11.0. The highest BCUT2D eigenvalue weighted by atomic mass is 35.5. The molecule has 0 spiro atoms. The van der Waals surface area contributed by atoms with Gasteiger partial charge >= 0.3 is 5.56 Å². The number of piperazine rings is 1. The summed E-state index contributed by atoms with van der Waals surface area (Å²) in [6.45, 7) is 4.43. The molecule has 1 saturated heterocycles. The highest BCUT2D eigenvalue weighted by Crippen LogP contribution is 2.45. The van der Waals surface area contributed by atoms with Crippen molar-refractivity contribution in [2.24, 2.45) is 5.41 Å². The van der Waals surface area contributed by atoms with Gasteiger partial charge in [-0.15, -0.1) is 0 Å². The predicted molar refractivity (Wildman–Crippen MR) is 156 cm³/mol. The lowest BCUT2D eigenvalue weighted by atomic mass is 10.1. The van der Waals surface area contributed by atoms with E-state index in [1.54, 1.807) is 42.6 Å². The van der Waals surface area contributed by atoms with Crippen molar-refractivity contribution >= 4 is 33.0 Å². The van der Waals surface area contributed by atoms with Crippen LogP contribution in [-0.2, 0) is 15.8 Å². The van der Waals surface area contributed by atoms with Gasteiger partial charge in [0.25, 0.3) is 0 Å². The van der Waals surface area contributed by atoms with Crippen LogP contribution in [0.3, 0.4) is 0 Å². The molecule has 2 aliphatic heterocycles. The maximum absolute atomic E-state index is 13.6. The van der Waals surface area contributed by atoms with E-state index in [4.69, 9.17) is 31.5 Å². The number of fused-ring (bicyclic) bond motifs is 1. The van der Waals surface area contributed by atoms with Gasteiger partial charge in [0.1, 0.15) is 18.9 Å². The predicted octanol–water partition coefficient (Wildman–Crippen LogP) is 3.07. The summed E-state index contributed by atoms with van der Waals surface area (Å²) in [5, 5.41) is 4.90. The third kappa shape index (κ3) is 5.68. The van der Waals surface area contributed by atoms with E-state index in [-0.39, 0.29) is 30.0 Å². The summed E-state index contributed by atoms with van der Waals surface area (Å²) in [5.41, 5.74) is 7.63. The van der Waals surface area contributed by atoms with Gasteiger partial charge in [0.15, 0.2) is 11.5 Å². The molecular weight excluding hydrogens is 570 g/mol. The third-order valence-electron chi connectivity index (χ3n) is 7.78. The molecule has 6 rings (SSSR count). The molecule has 0 radical (unpaired) electrons. The van der Waals surface area contributed by atoms with E-state index in [0.29, 0.717) is 72.1 Å². The van der Waals surface area contributed by atoms with Gasteiger partial charge in [0, 0.05) is 47.9 Å². The summed E-state index contributed by atoms with van der Waals surface area (Å²) in [7, 11) is -3.72. The van der Waals surface area contributed by atoms with Crippen LogP contribution >= 0.6 is 11.6 Å². The van der Waals surface area contributed by atoms with Crippen LogP contribution in [0.4, 0.5) is 11.4 Å². The molecule has 218 valence electrons. The van der Waals surface area contributed by atoms with E-state index in [1.165, 1.54) is 8.99 Å². The molecular formula is C28H32ClN5O6S. The number of nitrogens with zero attached hydrogens (tertiary/aromatic N) is 4. The fraction of sp³-hybridized carbons (Fsp3) is 0.429. The first-order chi connectivity index (χ1) is 19.6. The number of rotatable bonds is 8. The Morgan fingerprint density at radius 1 is 1.10 bits per heavy atom. The first-order valence-electron chi connectivity index (χ1n) is 13.5. The zero-order valence-corrected chi connectivity index (χ0v) is 24.3. The number of nitrogens with two attached hydrogens (primary N) is 1. The van der Waals surface area contributed by atoms with Crippen LogP contribution in [0.15, 0.2) is 47.4 Å². The molecule has 2 fully saturated rings. The maximum atomic E-state index is 13.6. The number of hydrogen-bond donors (Lipinski definition) is 1. The molecule has 13 heteroatoms. The first-order valence-corrected chi connectivity index (χ1v) is 15.5. The van der Waals surface area contributed by atoms with Crippen LogP contribution in [-0.4, -0.2) is 68.5 Å². The highest BCUT2D eigenvalue weighted by molar-refractivity contribution is 7.88. The van der Waals surface area contributed by atoms with Crippen LogP contribution in [0.5, 0.6) is 17.2 Å². The topological polar surface area (TPSA) is 129 Å². The van der Waals surface area contributed by atoms with Crippen LogP contribution in [0.25, 0.3) is 5.69 Å². The normalized spacial score (nSPS) is 18.2. The summed E-state index contributed by atoms with van der Waals surface area (Å²) < 4.78 is 47.1. The molecule has 0 bridgehead atoms. The quantitative estimate of drug-likeness (QED) is 0.387. The molecule has 11 nitrogen and oxygen atoms in total. The first kappa shape index (κ1) is 27.7. The van der Waals surface area contributed by atoms with Gasteiger partial charge in [0.2, 0.25) is 15.8 Å². The van der Waals surface area contributed by atoms with E-state index < -0.39 is 15.6 Å². The van der Waals surface area contributed by atoms with Crippen LogP contribution in [0, 0.1) is 5.41 Å². The molecule has 41 heavy (non-hydrogen) atoms. The van der Waals surface area contributed by atoms with Crippen molar-refractivity contribution in [2.45, 2.75) is 25.5 Å². The minimum atomic E-state index is -3.72. The molecule has 3 heterocycles. The molecule has 2 aromatic carbocycles. The monoisotopic (exact) mass is 601 g/mol. The molecule has 1 aromatic heterocycles. The second kappa shape index (κ2) is 10.7. The molecule has 1 aliphatic carbocycles. The van der Waals surface area contributed by atoms with Gasteiger partial charge in [-0.3, -0.25) is 4.79 Å². The smallest absolute Gasteiger partial charge is 0.316 e. The molecule has 1 saturated carbocycles. The Bertz CT molecular complexity index is 1630. The largest absolute Gasteiger partial charge is 0.486 e. The van der Waals surface area contributed by atoms with Gasteiger partial charge < -0.3 is 24.8 Å². The number of sulfonamides is 1. The number of hydrogen-bond acceptors (Lipinski definition) is 9. The molecule has 0 unspecified atom stereocenters. The SMILES string of the molecule is CC1(COc2c(N3CCN(S(=O)(=O)Cc4c(N)ccc5c4OCCO5)CC3)cnn(-c3cccc(Cl)c3)c2=O)CC1. The van der Waals surface area contributed by atoms with Crippen molar-refractivity contribution in [1.29, 1.82) is 0 Å². The van der Waals surface area contributed by atoms with Crippen molar-refractivity contribution in [3.8, 4) is 22.9 Å². The fourth-order valence-corrected chi connectivity index (χ4v) is 6.75. The average Bonchev–Trinajstić information content (AvgIpc) is 3.71. The van der Waals surface area contributed by atoms with Gasteiger partial charge in [-0.2, -0.15) is 14.1 Å². The highest BCUT2D eigenvalue weighted by Gasteiger charge is 2.39. The van der Waals surface area contributed by atoms with Crippen LogP contribution in [0.2, 0.25) is 5.02 Å². The van der Waals surface area contributed by atoms with E-state index in [2.05, 4.69) is 12.0 Å². The van der Waals surface area contributed by atoms with Crippen molar-refractivity contribution in [2.75, 3.05) is 56.6 Å². The third-order valence-corrected chi connectivity index (χ3v) is 9.82. The van der Waals surface area contributed by atoms with Gasteiger partial charge in [-0.1, -0.05) is 24.6 Å². The van der Waals surface area contributed by atoms with Crippen molar-refractivity contribution in [3.63, 3.8) is 0 Å². The van der Waals surface area contributed by atoms with Gasteiger partial charge in [-0.05, 0) is 43.2 Å². The molecule has 3 aromatic rings. The number of nitrogen functional groups attached to an aromatic ring is 1. The number of aromatic nitrogens is 2. The van der Waals surface area contributed by atoms with Crippen molar-refractivity contribution in [3.05, 3.63) is 63.5 Å². The van der Waals surface area contributed by atoms with Crippen LogP contribution < -0.4 is 30.4 Å². The Hall–Kier alpha value is -3.48. The van der Waals surface area contributed by atoms with E-state index >= 15 is 0 Å². The number of benzene rings is 2. The average molecular weight is 602 g/mol. The summed E-state index contributed by atoms with van der Waals surface area (Å²) in [5.74, 6) is 0.782. The Morgan fingerprint density at radius 3 is 2.59 bits per heavy atom. The Balaban J connectivity index is 1.22. The standard InChI is InChI=1S/C28H32ClN5O6S/c1-28(7-8-28)18-40-26-23(16-31-34(27(26)35)20-4-2-3-19(29)15-20)32-9-11-33(12-10-32)41(36,37)17-21-22(30)5-6-24-25(21)39-14-13-38-24/h2-6,15-16H,7-14,17-18,30H2,1H3. The molecule has 0 amide bonds. The summed E-state index contributed by atoms with van der Waals surface area (Å²) in [6, 6.07) is 10.2. The van der Waals surface area contributed by atoms with E-state index in [0.717, 1.165) is 12.8 Å². The van der Waals surface area contributed by atoms with E-state index in [1.807, 2.05) is 4.90 Å². The molecule has 0 atom stereocenters. The summed E-state index contributed by atoms with van der Waals surface area (Å²) in [6.07, 6.45) is 3.68. The Labute approximate surface area is 243 Å². The van der Waals surface area contributed by atoms with Gasteiger partial charge in [-0.25, -0.2) is 8.42 Å². The zero-order chi connectivity index (χ0) is 28.8.